The lowest BCUT2D eigenvalue weighted by molar-refractivity contribution is -0.213. The molecular formula is C48H88N2O4. The number of rotatable bonds is 34. The van der Waals surface area contributed by atoms with Gasteiger partial charge in [-0.05, 0) is 91.1 Å². The Morgan fingerprint density at radius 2 is 1.11 bits per heavy atom. The zero-order valence-electron chi connectivity index (χ0n) is 36.2. The lowest BCUT2D eigenvalue weighted by Gasteiger charge is -2.40. The third-order valence-electron chi connectivity index (χ3n) is 11.4. The number of likely N-dealkylation sites (N-methyl/N-ethyl adjacent to an activating group) is 1. The number of amides is 1. The first kappa shape index (κ1) is 48.5. The van der Waals surface area contributed by atoms with Crippen LogP contribution in [-0.4, -0.2) is 74.2 Å². The number of unbranched alkanes of at least 4 members (excludes halogenated alkanes) is 21. The van der Waals surface area contributed by atoms with E-state index in [1.54, 1.807) is 0 Å². The molecule has 0 aromatic rings. The van der Waals surface area contributed by atoms with Gasteiger partial charge in [-0.3, -0.25) is 0 Å². The zero-order valence-corrected chi connectivity index (χ0v) is 36.2. The van der Waals surface area contributed by atoms with Crippen molar-refractivity contribution in [1.82, 2.24) is 9.80 Å². The van der Waals surface area contributed by atoms with Crippen LogP contribution in [0.5, 0.6) is 0 Å². The molecule has 2 rings (SSSR count). The number of nitrogens with zero attached hydrogens (tertiary/aromatic N) is 2. The summed E-state index contributed by atoms with van der Waals surface area (Å²) in [6.45, 7) is 7.53. The topological polar surface area (TPSA) is 51.2 Å². The summed E-state index contributed by atoms with van der Waals surface area (Å²) in [7, 11) is 3.99. The van der Waals surface area contributed by atoms with Gasteiger partial charge in [-0.1, -0.05) is 159 Å². The zero-order chi connectivity index (χ0) is 38.8. The molecule has 2 aliphatic rings. The standard InChI is InChI=1S/C48H88N2O4/c1-5-7-9-11-13-15-17-19-21-23-25-27-29-31-33-35-38-47(39-36-34-32-30-28-26-24-22-20-18-16-14-12-10-8-6-2)45-53-48(54-47)40-37-41-50(44-48)46(51)52-43-42-49(3)4/h13,15,19-22H,5-12,14,16-18,23-45H2,1-4H3/b15-13-,21-19-,22-20-. The number of carbonyl (C=O) groups excluding carboxylic acids is 1. The Labute approximate surface area is 335 Å². The number of allylic oxidation sites excluding steroid dienone is 6. The van der Waals surface area contributed by atoms with E-state index in [-0.39, 0.29) is 11.7 Å². The van der Waals surface area contributed by atoms with Crippen molar-refractivity contribution in [3.05, 3.63) is 36.5 Å². The van der Waals surface area contributed by atoms with Gasteiger partial charge in [0, 0.05) is 19.5 Å². The highest BCUT2D eigenvalue weighted by Crippen LogP contribution is 2.43. The first-order chi connectivity index (χ1) is 26.4. The smallest absolute Gasteiger partial charge is 0.409 e. The highest BCUT2D eigenvalue weighted by molar-refractivity contribution is 5.67. The molecule has 6 heteroatoms. The molecule has 1 spiro atoms. The van der Waals surface area contributed by atoms with Gasteiger partial charge in [0.1, 0.15) is 6.61 Å². The Balaban J connectivity index is 1.71. The van der Waals surface area contributed by atoms with E-state index in [2.05, 4.69) is 50.3 Å². The Kier molecular flexibility index (Phi) is 29.2. The van der Waals surface area contributed by atoms with E-state index in [9.17, 15) is 4.79 Å². The number of ether oxygens (including phenoxy) is 3. The molecule has 2 aliphatic heterocycles. The molecule has 2 unspecified atom stereocenters. The van der Waals surface area contributed by atoms with E-state index < -0.39 is 5.79 Å². The van der Waals surface area contributed by atoms with E-state index in [0.29, 0.717) is 26.3 Å². The van der Waals surface area contributed by atoms with Crippen LogP contribution in [0.15, 0.2) is 36.5 Å². The van der Waals surface area contributed by atoms with Crippen LogP contribution in [0.25, 0.3) is 0 Å². The molecule has 0 radical (unpaired) electrons. The molecule has 6 nitrogen and oxygen atoms in total. The molecule has 1 amide bonds. The Morgan fingerprint density at radius 1 is 0.648 bits per heavy atom. The Bertz CT molecular complexity index is 980. The number of hydrogen-bond donors (Lipinski definition) is 0. The highest BCUT2D eigenvalue weighted by Gasteiger charge is 2.52. The van der Waals surface area contributed by atoms with Crippen LogP contribution in [0, 0.1) is 0 Å². The molecule has 0 aromatic heterocycles. The van der Waals surface area contributed by atoms with Crippen LogP contribution in [0.2, 0.25) is 0 Å². The van der Waals surface area contributed by atoms with Gasteiger partial charge in [-0.25, -0.2) is 4.79 Å². The fourth-order valence-electron chi connectivity index (χ4n) is 7.97. The van der Waals surface area contributed by atoms with Crippen LogP contribution in [0.1, 0.15) is 206 Å². The summed E-state index contributed by atoms with van der Waals surface area (Å²) < 4.78 is 19.2. The van der Waals surface area contributed by atoms with Crippen molar-refractivity contribution < 1.29 is 19.0 Å². The van der Waals surface area contributed by atoms with Crippen LogP contribution < -0.4 is 0 Å². The van der Waals surface area contributed by atoms with Crippen LogP contribution in [0.3, 0.4) is 0 Å². The number of piperidine rings is 1. The molecule has 0 aromatic carbocycles. The molecule has 0 N–H and O–H groups in total. The van der Waals surface area contributed by atoms with Crippen molar-refractivity contribution in [2.24, 2.45) is 0 Å². The summed E-state index contributed by atoms with van der Waals surface area (Å²) >= 11 is 0. The number of carbonyl (C=O) groups is 1. The lowest BCUT2D eigenvalue weighted by atomic mass is 9.90. The summed E-state index contributed by atoms with van der Waals surface area (Å²) in [6, 6.07) is 0. The SMILES string of the molecule is CCCCC/C=C\C/C=C\CCCCCCCCC1(CCCCCCCC/C=C\CCCCCCCC)COC2(CCCN(C(=O)OCCN(C)C)C2)O1. The van der Waals surface area contributed by atoms with Gasteiger partial charge in [0.15, 0.2) is 5.79 Å². The minimum absolute atomic E-state index is 0.228. The normalized spacial score (nSPS) is 20.6. The van der Waals surface area contributed by atoms with Crippen molar-refractivity contribution in [3.63, 3.8) is 0 Å². The minimum Gasteiger partial charge on any atom is -0.448 e. The summed E-state index contributed by atoms with van der Waals surface area (Å²) in [4.78, 5) is 16.8. The molecule has 54 heavy (non-hydrogen) atoms. The van der Waals surface area contributed by atoms with E-state index in [1.165, 1.54) is 161 Å². The minimum atomic E-state index is -0.681. The summed E-state index contributed by atoms with van der Waals surface area (Å²) in [5, 5.41) is 0. The maximum absolute atomic E-state index is 12.9. The third kappa shape index (κ3) is 24.1. The van der Waals surface area contributed by atoms with Gasteiger partial charge < -0.3 is 24.0 Å². The first-order valence-corrected chi connectivity index (χ1v) is 23.3. The van der Waals surface area contributed by atoms with Crippen LogP contribution in [0.4, 0.5) is 4.79 Å². The fourth-order valence-corrected chi connectivity index (χ4v) is 7.97. The average molecular weight is 757 g/mol. The second-order valence-corrected chi connectivity index (χ2v) is 16.9. The highest BCUT2D eigenvalue weighted by atomic mass is 16.8. The molecule has 314 valence electrons. The number of likely N-dealkylation sites (tertiary alicyclic amines) is 1. The molecule has 0 bridgehead atoms. The van der Waals surface area contributed by atoms with Crippen LogP contribution >= 0.6 is 0 Å². The van der Waals surface area contributed by atoms with Crippen LogP contribution in [-0.2, 0) is 14.2 Å². The molecular weight excluding hydrogens is 669 g/mol. The molecule has 2 heterocycles. The van der Waals surface area contributed by atoms with Gasteiger partial charge in [-0.2, -0.15) is 0 Å². The second kappa shape index (κ2) is 32.5. The second-order valence-electron chi connectivity index (χ2n) is 16.9. The van der Waals surface area contributed by atoms with Gasteiger partial charge in [0.05, 0.1) is 18.8 Å². The molecule has 0 aliphatic carbocycles. The van der Waals surface area contributed by atoms with Gasteiger partial charge in [0.25, 0.3) is 0 Å². The Hall–Kier alpha value is -1.63. The summed E-state index contributed by atoms with van der Waals surface area (Å²) in [6.07, 6.45) is 51.5. The van der Waals surface area contributed by atoms with Crippen molar-refractivity contribution in [2.75, 3.05) is 46.9 Å². The van der Waals surface area contributed by atoms with E-state index in [0.717, 1.165) is 38.6 Å². The maximum atomic E-state index is 12.9. The molecule has 2 fully saturated rings. The Morgan fingerprint density at radius 3 is 1.65 bits per heavy atom. The number of hydrogen-bond acceptors (Lipinski definition) is 5. The largest absolute Gasteiger partial charge is 0.448 e. The molecule has 2 atom stereocenters. The lowest BCUT2D eigenvalue weighted by Crippen LogP contribution is -2.52. The fraction of sp³-hybridized carbons (Fsp3) is 0.854. The van der Waals surface area contributed by atoms with E-state index in [1.807, 2.05) is 23.9 Å². The predicted octanol–water partition coefficient (Wildman–Crippen LogP) is 13.9. The van der Waals surface area contributed by atoms with Gasteiger partial charge >= 0.3 is 6.09 Å². The van der Waals surface area contributed by atoms with Crippen molar-refractivity contribution in [2.45, 2.75) is 218 Å². The maximum Gasteiger partial charge on any atom is 0.409 e. The molecule has 2 saturated heterocycles. The van der Waals surface area contributed by atoms with Gasteiger partial charge in [0.2, 0.25) is 0 Å². The third-order valence-corrected chi connectivity index (χ3v) is 11.4. The predicted molar refractivity (Wildman–Crippen MR) is 231 cm³/mol. The van der Waals surface area contributed by atoms with E-state index in [4.69, 9.17) is 14.2 Å². The quantitative estimate of drug-likeness (QED) is 0.0483. The van der Waals surface area contributed by atoms with Crippen molar-refractivity contribution >= 4 is 6.09 Å². The van der Waals surface area contributed by atoms with Crippen molar-refractivity contribution in [1.29, 1.82) is 0 Å². The van der Waals surface area contributed by atoms with E-state index >= 15 is 0 Å². The van der Waals surface area contributed by atoms with Crippen molar-refractivity contribution in [3.8, 4) is 0 Å². The average Bonchev–Trinajstić information content (AvgIpc) is 3.50. The first-order valence-electron chi connectivity index (χ1n) is 23.3. The monoisotopic (exact) mass is 757 g/mol. The summed E-state index contributed by atoms with van der Waals surface area (Å²) in [5.41, 5.74) is -0.228. The summed E-state index contributed by atoms with van der Waals surface area (Å²) in [5.74, 6) is -0.681. The molecule has 0 saturated carbocycles. The van der Waals surface area contributed by atoms with Gasteiger partial charge in [-0.15, -0.1) is 0 Å².